The number of hydrogen-bond acceptors (Lipinski definition) is 2. The monoisotopic (exact) mass is 407 g/mol. The van der Waals surface area contributed by atoms with Gasteiger partial charge >= 0.3 is 0 Å². The molecule has 31 heavy (non-hydrogen) atoms. The molecule has 0 N–H and O–H groups in total. The summed E-state index contributed by atoms with van der Waals surface area (Å²) < 4.78 is 6.44. The normalized spacial score (nSPS) is 12.5. The zero-order chi connectivity index (χ0) is 21.8. The number of nitrogens with zero attached hydrogens (tertiary/aromatic N) is 1. The predicted octanol–water partition coefficient (Wildman–Crippen LogP) is 8.30. The molecule has 0 aliphatic carbocycles. The molecule has 156 valence electrons. The van der Waals surface area contributed by atoms with Crippen LogP contribution in [0.25, 0.3) is 44.0 Å². The Hall–Kier alpha value is -3.13. The van der Waals surface area contributed by atoms with Gasteiger partial charge in [-0.3, -0.25) is 4.98 Å². The third kappa shape index (κ3) is 3.50. The van der Waals surface area contributed by atoms with E-state index >= 15 is 0 Å². The van der Waals surface area contributed by atoms with Crippen molar-refractivity contribution in [2.24, 2.45) is 5.92 Å². The maximum Gasteiger partial charge on any atom is 0.161 e. The average molecular weight is 408 g/mol. The van der Waals surface area contributed by atoms with Crippen LogP contribution in [0.4, 0.5) is 0 Å². The van der Waals surface area contributed by atoms with Crippen LogP contribution in [0.2, 0.25) is 0 Å². The van der Waals surface area contributed by atoms with Crippen molar-refractivity contribution in [1.29, 1.82) is 0 Å². The average Bonchev–Trinajstić information content (AvgIpc) is 3.09. The summed E-state index contributed by atoms with van der Waals surface area (Å²) in [5.74, 6) is 0.618. The van der Waals surface area contributed by atoms with E-state index in [-0.39, 0.29) is 5.41 Å². The van der Waals surface area contributed by atoms with E-state index in [9.17, 15) is 0 Å². The summed E-state index contributed by atoms with van der Waals surface area (Å²) in [4.78, 5) is 4.78. The Kier molecular flexibility index (Phi) is 4.62. The maximum atomic E-state index is 6.44. The Balaban J connectivity index is 1.76. The number of hydrogen-bond donors (Lipinski definition) is 0. The van der Waals surface area contributed by atoms with E-state index in [0.29, 0.717) is 5.92 Å². The first-order chi connectivity index (χ1) is 14.8. The van der Waals surface area contributed by atoms with Gasteiger partial charge in [0, 0.05) is 22.5 Å². The van der Waals surface area contributed by atoms with E-state index in [2.05, 4.69) is 95.3 Å². The van der Waals surface area contributed by atoms with Crippen LogP contribution >= 0.6 is 0 Å². The molecular weight excluding hydrogens is 378 g/mol. The van der Waals surface area contributed by atoms with Crippen molar-refractivity contribution in [1.82, 2.24) is 4.98 Å². The molecule has 0 amide bonds. The van der Waals surface area contributed by atoms with Crippen molar-refractivity contribution in [2.45, 2.75) is 46.5 Å². The van der Waals surface area contributed by atoms with E-state index < -0.39 is 0 Å². The van der Waals surface area contributed by atoms with Crippen LogP contribution in [0.1, 0.15) is 45.7 Å². The molecule has 0 fully saturated rings. The van der Waals surface area contributed by atoms with Crippen molar-refractivity contribution in [3.63, 3.8) is 0 Å². The first-order valence-electron chi connectivity index (χ1n) is 11.1. The minimum Gasteiger partial charge on any atom is -0.454 e. The zero-order valence-corrected chi connectivity index (χ0v) is 19.0. The molecule has 0 radical (unpaired) electrons. The summed E-state index contributed by atoms with van der Waals surface area (Å²) in [5.41, 5.74) is 6.51. The maximum absolute atomic E-state index is 6.44. The van der Waals surface area contributed by atoms with Crippen molar-refractivity contribution in [2.75, 3.05) is 0 Å². The standard InChI is InChI=1S/C29H29NO/c1-18(2)14-19-10-11-23-24-12-13-30-27(28(24)31-26(23)15-19)21-16-20-8-6-7-9-22(20)25(17-21)29(3,4)5/h6-13,15-18H,14H2,1-5H3. The third-order valence-corrected chi connectivity index (χ3v) is 6.04. The molecule has 5 rings (SSSR count). The molecule has 5 aromatic rings. The van der Waals surface area contributed by atoms with Gasteiger partial charge in [0.25, 0.3) is 0 Å². The summed E-state index contributed by atoms with van der Waals surface area (Å²) in [6.07, 6.45) is 2.96. The lowest BCUT2D eigenvalue weighted by Crippen LogP contribution is -2.12. The van der Waals surface area contributed by atoms with Crippen LogP contribution in [-0.2, 0) is 11.8 Å². The Morgan fingerprint density at radius 1 is 0.871 bits per heavy atom. The van der Waals surface area contributed by atoms with Crippen LogP contribution in [0.5, 0.6) is 0 Å². The van der Waals surface area contributed by atoms with Gasteiger partial charge in [0.2, 0.25) is 0 Å². The molecule has 2 nitrogen and oxygen atoms in total. The molecular formula is C29H29NO. The van der Waals surface area contributed by atoms with Gasteiger partial charge in [0.15, 0.2) is 5.58 Å². The molecule has 0 bridgehead atoms. The van der Waals surface area contributed by atoms with Crippen LogP contribution < -0.4 is 0 Å². The molecule has 0 unspecified atom stereocenters. The van der Waals surface area contributed by atoms with Crippen LogP contribution in [0.15, 0.2) is 71.3 Å². The number of rotatable bonds is 3. The Morgan fingerprint density at radius 3 is 2.45 bits per heavy atom. The molecule has 0 saturated carbocycles. The van der Waals surface area contributed by atoms with Gasteiger partial charge in [-0.1, -0.05) is 71.0 Å². The van der Waals surface area contributed by atoms with Gasteiger partial charge < -0.3 is 4.42 Å². The van der Waals surface area contributed by atoms with Gasteiger partial charge in [-0.2, -0.15) is 0 Å². The summed E-state index contributed by atoms with van der Waals surface area (Å²) in [5, 5.41) is 4.82. The molecule has 2 aromatic heterocycles. The molecule has 0 aliphatic rings. The number of furan rings is 1. The topological polar surface area (TPSA) is 26.0 Å². The van der Waals surface area contributed by atoms with Crippen LogP contribution in [-0.4, -0.2) is 4.98 Å². The fraction of sp³-hybridized carbons (Fsp3) is 0.276. The highest BCUT2D eigenvalue weighted by molar-refractivity contribution is 6.09. The SMILES string of the molecule is CC(C)Cc1ccc2c(c1)oc1c(-c3cc(C(C)(C)C)c4ccccc4c3)nccc12. The second-order valence-corrected chi connectivity index (χ2v) is 10.1. The van der Waals surface area contributed by atoms with E-state index in [1.54, 1.807) is 0 Å². The Labute approximate surface area is 183 Å². The summed E-state index contributed by atoms with van der Waals surface area (Å²) in [7, 11) is 0. The summed E-state index contributed by atoms with van der Waals surface area (Å²) in [6, 6.07) is 21.8. The van der Waals surface area contributed by atoms with Gasteiger partial charge in [-0.05, 0) is 63.9 Å². The minimum absolute atomic E-state index is 0.0309. The van der Waals surface area contributed by atoms with Gasteiger partial charge in [0.05, 0.1) is 0 Å². The third-order valence-electron chi connectivity index (χ3n) is 6.04. The summed E-state index contributed by atoms with van der Waals surface area (Å²) >= 11 is 0. The van der Waals surface area contributed by atoms with Crippen LogP contribution in [0, 0.1) is 5.92 Å². The number of aromatic nitrogens is 1. The van der Waals surface area contributed by atoms with Crippen molar-refractivity contribution >= 4 is 32.7 Å². The highest BCUT2D eigenvalue weighted by atomic mass is 16.3. The van der Waals surface area contributed by atoms with E-state index in [1.807, 2.05) is 6.20 Å². The quantitative estimate of drug-likeness (QED) is 0.301. The van der Waals surface area contributed by atoms with Gasteiger partial charge in [-0.25, -0.2) is 0 Å². The molecule has 3 aromatic carbocycles. The fourth-order valence-corrected chi connectivity index (χ4v) is 4.62. The van der Waals surface area contributed by atoms with Crippen molar-refractivity contribution in [3.8, 4) is 11.3 Å². The fourth-order valence-electron chi connectivity index (χ4n) is 4.62. The van der Waals surface area contributed by atoms with E-state index in [1.165, 1.54) is 21.9 Å². The zero-order valence-electron chi connectivity index (χ0n) is 19.0. The van der Waals surface area contributed by atoms with E-state index in [4.69, 9.17) is 9.40 Å². The Bertz CT molecular complexity index is 1420. The Morgan fingerprint density at radius 2 is 1.68 bits per heavy atom. The van der Waals surface area contributed by atoms with Crippen molar-refractivity contribution < 1.29 is 4.42 Å². The molecule has 2 heterocycles. The molecule has 2 heteroatoms. The molecule has 0 spiro atoms. The lowest BCUT2D eigenvalue weighted by molar-refractivity contribution is 0.596. The van der Waals surface area contributed by atoms with Crippen LogP contribution in [0.3, 0.4) is 0 Å². The van der Waals surface area contributed by atoms with Gasteiger partial charge in [-0.15, -0.1) is 0 Å². The van der Waals surface area contributed by atoms with E-state index in [0.717, 1.165) is 39.6 Å². The molecule has 0 atom stereocenters. The second kappa shape index (κ2) is 7.23. The lowest BCUT2D eigenvalue weighted by Gasteiger charge is -2.22. The largest absolute Gasteiger partial charge is 0.454 e. The number of pyridine rings is 1. The minimum atomic E-state index is 0.0309. The first kappa shape index (κ1) is 19.8. The highest BCUT2D eigenvalue weighted by Crippen LogP contribution is 2.39. The number of benzene rings is 3. The first-order valence-corrected chi connectivity index (χ1v) is 11.1. The number of fused-ring (bicyclic) bond motifs is 4. The lowest BCUT2D eigenvalue weighted by atomic mass is 9.82. The van der Waals surface area contributed by atoms with Gasteiger partial charge in [0.1, 0.15) is 11.3 Å². The smallest absolute Gasteiger partial charge is 0.161 e. The summed E-state index contributed by atoms with van der Waals surface area (Å²) in [6.45, 7) is 11.3. The predicted molar refractivity (Wildman–Crippen MR) is 132 cm³/mol. The molecule has 0 aliphatic heterocycles. The highest BCUT2D eigenvalue weighted by Gasteiger charge is 2.20. The second-order valence-electron chi connectivity index (χ2n) is 10.1. The molecule has 0 saturated heterocycles. The van der Waals surface area contributed by atoms with Crippen molar-refractivity contribution in [3.05, 3.63) is 78.0 Å².